The Bertz CT molecular complexity index is 644. The minimum absolute atomic E-state index is 0.0399. The van der Waals surface area contributed by atoms with Gasteiger partial charge in [0.15, 0.2) is 0 Å². The van der Waals surface area contributed by atoms with Crippen LogP contribution in [0.2, 0.25) is 5.02 Å². The van der Waals surface area contributed by atoms with Crippen molar-refractivity contribution in [3.8, 4) is 12.1 Å². The summed E-state index contributed by atoms with van der Waals surface area (Å²) in [5.74, 6) is 0. The maximum absolute atomic E-state index is 12.4. The van der Waals surface area contributed by atoms with E-state index in [1.807, 2.05) is 19.1 Å². The molecule has 0 saturated heterocycles. The second-order valence-corrected chi connectivity index (χ2v) is 6.07. The van der Waals surface area contributed by atoms with Gasteiger partial charge in [0, 0.05) is 6.54 Å². The van der Waals surface area contributed by atoms with E-state index in [0.29, 0.717) is 6.42 Å². The Balaban J connectivity index is 3.33. The summed E-state index contributed by atoms with van der Waals surface area (Å²) in [6.45, 7) is 1.79. The highest BCUT2D eigenvalue weighted by Gasteiger charge is 2.26. The van der Waals surface area contributed by atoms with Gasteiger partial charge < -0.3 is 0 Å². The van der Waals surface area contributed by atoms with E-state index >= 15 is 0 Å². The Morgan fingerprint density at radius 1 is 1.37 bits per heavy atom. The lowest BCUT2D eigenvalue weighted by Gasteiger charge is -2.19. The van der Waals surface area contributed by atoms with Gasteiger partial charge in [-0.1, -0.05) is 18.5 Å². The highest BCUT2D eigenvalue weighted by molar-refractivity contribution is 7.89. The molecule has 0 radical (unpaired) electrons. The third-order valence-corrected chi connectivity index (χ3v) is 4.72. The van der Waals surface area contributed by atoms with Crippen molar-refractivity contribution in [1.29, 1.82) is 10.5 Å². The molecule has 0 spiro atoms. The van der Waals surface area contributed by atoms with Crippen molar-refractivity contribution in [3.05, 3.63) is 28.8 Å². The van der Waals surface area contributed by atoms with Crippen LogP contribution in [0.15, 0.2) is 23.1 Å². The molecule has 1 rings (SSSR count). The summed E-state index contributed by atoms with van der Waals surface area (Å²) in [5, 5.41) is 17.6. The van der Waals surface area contributed by atoms with Crippen LogP contribution in [0.25, 0.3) is 0 Å². The van der Waals surface area contributed by atoms with Gasteiger partial charge in [0.1, 0.15) is 11.4 Å². The minimum Gasteiger partial charge on any atom is -0.207 e. The lowest BCUT2D eigenvalue weighted by Crippen LogP contribution is -2.32. The van der Waals surface area contributed by atoms with E-state index in [9.17, 15) is 8.42 Å². The Morgan fingerprint density at radius 3 is 2.58 bits per heavy atom. The number of hydrogen-bond acceptors (Lipinski definition) is 4. The van der Waals surface area contributed by atoms with Crippen LogP contribution < -0.4 is 0 Å². The van der Waals surface area contributed by atoms with Crippen molar-refractivity contribution in [3.63, 3.8) is 0 Å². The molecule has 100 valence electrons. The van der Waals surface area contributed by atoms with Gasteiger partial charge in [-0.05, 0) is 24.6 Å². The van der Waals surface area contributed by atoms with E-state index in [4.69, 9.17) is 22.1 Å². The minimum atomic E-state index is -3.86. The van der Waals surface area contributed by atoms with E-state index in [2.05, 4.69) is 0 Å². The molecule has 0 saturated carbocycles. The first-order valence-corrected chi connectivity index (χ1v) is 7.36. The Morgan fingerprint density at radius 2 is 2.05 bits per heavy atom. The van der Waals surface area contributed by atoms with Crippen LogP contribution in [0.3, 0.4) is 0 Å². The van der Waals surface area contributed by atoms with Crippen molar-refractivity contribution in [2.75, 3.05) is 13.1 Å². The van der Waals surface area contributed by atoms with Gasteiger partial charge in [0.25, 0.3) is 0 Å². The molecule has 7 heteroatoms. The Hall–Kier alpha value is -1.60. The molecule has 0 aromatic heterocycles. The molecule has 0 aliphatic heterocycles. The molecule has 5 nitrogen and oxygen atoms in total. The standard InChI is InChI=1S/C12H12ClN3O2S/c1-2-6-16(7-5-14)19(17,18)12-8-10(9-15)3-4-11(12)13/h3-4,8H,2,6-7H2,1H3. The number of sulfonamides is 1. The molecular formula is C12H12ClN3O2S. The predicted molar refractivity (Wildman–Crippen MR) is 70.8 cm³/mol. The first-order chi connectivity index (χ1) is 8.97. The summed E-state index contributed by atoms with van der Waals surface area (Å²) in [4.78, 5) is -0.142. The summed E-state index contributed by atoms with van der Waals surface area (Å²) in [6.07, 6.45) is 0.580. The zero-order valence-electron chi connectivity index (χ0n) is 10.3. The largest absolute Gasteiger partial charge is 0.245 e. The van der Waals surface area contributed by atoms with Gasteiger partial charge in [0.05, 0.1) is 22.7 Å². The van der Waals surface area contributed by atoms with Crippen LogP contribution in [0.5, 0.6) is 0 Å². The first kappa shape index (κ1) is 15.5. The smallest absolute Gasteiger partial charge is 0.207 e. The van der Waals surface area contributed by atoms with Gasteiger partial charge in [-0.2, -0.15) is 14.8 Å². The molecule has 0 amide bonds. The number of halogens is 1. The zero-order chi connectivity index (χ0) is 14.5. The summed E-state index contributed by atoms with van der Waals surface area (Å²) in [6, 6.07) is 7.70. The number of rotatable bonds is 5. The Kier molecular flexibility index (Phi) is 5.31. The molecular weight excluding hydrogens is 286 g/mol. The van der Waals surface area contributed by atoms with Crippen molar-refractivity contribution < 1.29 is 8.42 Å². The summed E-state index contributed by atoms with van der Waals surface area (Å²) in [7, 11) is -3.86. The molecule has 19 heavy (non-hydrogen) atoms. The number of nitriles is 2. The van der Waals surface area contributed by atoms with Gasteiger partial charge >= 0.3 is 0 Å². The van der Waals surface area contributed by atoms with E-state index in [0.717, 1.165) is 4.31 Å². The molecule has 0 N–H and O–H groups in total. The van der Waals surface area contributed by atoms with Crippen LogP contribution in [0, 0.1) is 22.7 Å². The first-order valence-electron chi connectivity index (χ1n) is 5.54. The van der Waals surface area contributed by atoms with Crippen LogP contribution in [-0.2, 0) is 10.0 Å². The average Bonchev–Trinajstić information content (AvgIpc) is 2.39. The molecule has 0 fully saturated rings. The van der Waals surface area contributed by atoms with Crippen molar-refractivity contribution >= 4 is 21.6 Å². The van der Waals surface area contributed by atoms with Crippen LogP contribution in [-0.4, -0.2) is 25.8 Å². The fourth-order valence-corrected chi connectivity index (χ4v) is 3.45. The third kappa shape index (κ3) is 3.45. The quantitative estimate of drug-likeness (QED) is 0.779. The highest BCUT2D eigenvalue weighted by Crippen LogP contribution is 2.25. The molecule has 0 aliphatic carbocycles. The molecule has 1 aromatic carbocycles. The normalized spacial score (nSPS) is 11.0. The summed E-state index contributed by atoms with van der Waals surface area (Å²) >= 11 is 5.88. The molecule has 1 aromatic rings. The number of hydrogen-bond donors (Lipinski definition) is 0. The van der Waals surface area contributed by atoms with Gasteiger partial charge in [-0.3, -0.25) is 0 Å². The third-order valence-electron chi connectivity index (χ3n) is 2.40. The van der Waals surface area contributed by atoms with Gasteiger partial charge in [0.2, 0.25) is 10.0 Å². The van der Waals surface area contributed by atoms with Gasteiger partial charge in [-0.15, -0.1) is 0 Å². The lowest BCUT2D eigenvalue weighted by molar-refractivity contribution is 0.444. The van der Waals surface area contributed by atoms with Crippen molar-refractivity contribution in [1.82, 2.24) is 4.31 Å². The second kappa shape index (κ2) is 6.53. The predicted octanol–water partition coefficient (Wildman–Crippen LogP) is 2.14. The van der Waals surface area contributed by atoms with Crippen molar-refractivity contribution in [2.24, 2.45) is 0 Å². The number of nitrogens with zero attached hydrogens (tertiary/aromatic N) is 3. The van der Waals surface area contributed by atoms with Gasteiger partial charge in [-0.25, -0.2) is 8.42 Å². The molecule has 0 bridgehead atoms. The molecule has 0 aliphatic rings. The van der Waals surface area contributed by atoms with E-state index in [-0.39, 0.29) is 28.6 Å². The highest BCUT2D eigenvalue weighted by atomic mass is 35.5. The maximum Gasteiger partial charge on any atom is 0.245 e. The second-order valence-electron chi connectivity index (χ2n) is 3.75. The zero-order valence-corrected chi connectivity index (χ0v) is 11.9. The lowest BCUT2D eigenvalue weighted by atomic mass is 10.2. The molecule has 0 heterocycles. The van der Waals surface area contributed by atoms with E-state index in [1.54, 1.807) is 0 Å². The average molecular weight is 298 g/mol. The van der Waals surface area contributed by atoms with Crippen LogP contribution in [0.1, 0.15) is 18.9 Å². The van der Waals surface area contributed by atoms with E-state index < -0.39 is 10.0 Å². The molecule has 0 atom stereocenters. The topological polar surface area (TPSA) is 85.0 Å². The van der Waals surface area contributed by atoms with Crippen LogP contribution >= 0.6 is 11.6 Å². The van der Waals surface area contributed by atoms with E-state index in [1.165, 1.54) is 18.2 Å². The SMILES string of the molecule is CCCN(CC#N)S(=O)(=O)c1cc(C#N)ccc1Cl. The molecule has 0 unspecified atom stereocenters. The summed E-state index contributed by atoms with van der Waals surface area (Å²) < 4.78 is 25.8. The number of benzene rings is 1. The maximum atomic E-state index is 12.4. The monoisotopic (exact) mass is 297 g/mol. The summed E-state index contributed by atoms with van der Waals surface area (Å²) in [5.41, 5.74) is 0.205. The fraction of sp³-hybridized carbons (Fsp3) is 0.333. The fourth-order valence-electron chi connectivity index (χ4n) is 1.52. The van der Waals surface area contributed by atoms with Crippen LogP contribution in [0.4, 0.5) is 0 Å². The Labute approximate surface area is 117 Å². The van der Waals surface area contributed by atoms with Crippen molar-refractivity contribution in [2.45, 2.75) is 18.2 Å².